The van der Waals surface area contributed by atoms with Gasteiger partial charge in [-0.15, -0.1) is 0 Å². The van der Waals surface area contributed by atoms with Gasteiger partial charge >= 0.3 is 0 Å². The summed E-state index contributed by atoms with van der Waals surface area (Å²) in [6, 6.07) is 3.92. The summed E-state index contributed by atoms with van der Waals surface area (Å²) in [7, 11) is 0. The van der Waals surface area contributed by atoms with Crippen LogP contribution in [0.2, 0.25) is 0 Å². The summed E-state index contributed by atoms with van der Waals surface area (Å²) >= 11 is 3.53. The van der Waals surface area contributed by atoms with Crippen LogP contribution in [0.3, 0.4) is 0 Å². The topological polar surface area (TPSA) is 49.8 Å². The number of ether oxygens (including phenoxy) is 1. The summed E-state index contributed by atoms with van der Waals surface area (Å²) in [6.45, 7) is 13.1. The van der Waals surface area contributed by atoms with Gasteiger partial charge in [-0.25, -0.2) is 0 Å². The summed E-state index contributed by atoms with van der Waals surface area (Å²) < 4.78 is 6.33. The largest absolute Gasteiger partial charge is 0.366 e. The number of hydrogen-bond donors (Lipinski definition) is 1. The fourth-order valence-corrected chi connectivity index (χ4v) is 2.24. The van der Waals surface area contributed by atoms with E-state index in [0.717, 1.165) is 26.9 Å². The number of carbonyl (C=O) groups excluding carboxylic acids is 1. The van der Waals surface area contributed by atoms with Crippen molar-refractivity contribution < 1.29 is 14.6 Å². The highest BCUT2D eigenvalue weighted by Crippen LogP contribution is 2.27. The number of halogens is 1. The molecule has 4 nitrogen and oxygen atoms in total. The van der Waals surface area contributed by atoms with E-state index in [2.05, 4.69) is 22.5 Å². The van der Waals surface area contributed by atoms with Crippen LogP contribution in [-0.4, -0.2) is 30.0 Å². The molecule has 0 aliphatic heterocycles. The Bertz CT molecular complexity index is 553. The van der Waals surface area contributed by atoms with Gasteiger partial charge < -0.3 is 14.7 Å². The number of aryl methyl sites for hydroxylation is 2. The summed E-state index contributed by atoms with van der Waals surface area (Å²) in [5.41, 5.74) is 3.69. The van der Waals surface area contributed by atoms with Gasteiger partial charge in [0.25, 0.3) is 0 Å². The van der Waals surface area contributed by atoms with Crippen LogP contribution in [0.4, 0.5) is 5.69 Å². The van der Waals surface area contributed by atoms with E-state index >= 15 is 0 Å². The second kappa shape index (κ2) is 7.40. The first-order valence-corrected chi connectivity index (χ1v) is 7.88. The van der Waals surface area contributed by atoms with Gasteiger partial charge in [-0.3, -0.25) is 4.79 Å². The second-order valence-corrected chi connectivity index (χ2v) is 6.78. The smallest absolute Gasteiger partial charge is 0.224 e. The Balaban J connectivity index is 2.91. The maximum Gasteiger partial charge on any atom is 0.224 e. The van der Waals surface area contributed by atoms with E-state index in [4.69, 9.17) is 4.74 Å². The monoisotopic (exact) mass is 369 g/mol. The van der Waals surface area contributed by atoms with E-state index in [0.29, 0.717) is 6.54 Å². The molecule has 0 aliphatic carbocycles. The van der Waals surface area contributed by atoms with Crippen molar-refractivity contribution in [1.82, 2.24) is 0 Å². The van der Waals surface area contributed by atoms with Crippen molar-refractivity contribution in [1.29, 1.82) is 0 Å². The summed E-state index contributed by atoms with van der Waals surface area (Å²) in [4.78, 5) is 13.6. The molecule has 122 valence electrons. The molecule has 1 amide bonds. The minimum Gasteiger partial charge on any atom is -0.366 e. The molecule has 1 aromatic rings. The quantitative estimate of drug-likeness (QED) is 0.613. The first-order chi connectivity index (χ1) is 10.0. The molecule has 0 atom stereocenters. The number of carbonyl (C=O) groups is 1. The minimum atomic E-state index is -1.21. The molecule has 0 aliphatic rings. The van der Waals surface area contributed by atoms with Crippen LogP contribution >= 0.6 is 15.9 Å². The third kappa shape index (κ3) is 5.55. The Morgan fingerprint density at radius 1 is 1.36 bits per heavy atom. The molecule has 0 aromatic heterocycles. The maximum absolute atomic E-state index is 12.0. The molecule has 1 aromatic carbocycles. The van der Waals surface area contributed by atoms with Crippen molar-refractivity contribution in [2.75, 3.05) is 18.1 Å². The van der Waals surface area contributed by atoms with Gasteiger partial charge in [0.15, 0.2) is 5.79 Å². The van der Waals surface area contributed by atoms with Gasteiger partial charge in [-0.1, -0.05) is 22.5 Å². The molecule has 0 bridgehead atoms. The van der Waals surface area contributed by atoms with E-state index in [1.807, 2.05) is 26.0 Å². The molecule has 0 unspecified atom stereocenters. The number of hydrogen-bond acceptors (Lipinski definition) is 3. The Labute approximate surface area is 140 Å². The summed E-state index contributed by atoms with van der Waals surface area (Å²) in [6.07, 6.45) is 0. The predicted molar refractivity (Wildman–Crippen MR) is 93.0 cm³/mol. The molecule has 1 N–H and O–H groups in total. The zero-order valence-corrected chi connectivity index (χ0v) is 15.5. The average Bonchev–Trinajstić information content (AvgIpc) is 2.38. The molecule has 0 fully saturated rings. The Morgan fingerprint density at radius 3 is 2.27 bits per heavy atom. The highest BCUT2D eigenvalue weighted by molar-refractivity contribution is 9.10. The summed E-state index contributed by atoms with van der Waals surface area (Å²) in [5.74, 6) is -1.28. The lowest BCUT2D eigenvalue weighted by atomic mass is 10.1. The van der Waals surface area contributed by atoms with Gasteiger partial charge in [0.05, 0.1) is 6.61 Å². The van der Waals surface area contributed by atoms with Crippen molar-refractivity contribution in [3.05, 3.63) is 39.9 Å². The zero-order valence-electron chi connectivity index (χ0n) is 13.9. The third-order valence-corrected chi connectivity index (χ3v) is 4.38. The van der Waals surface area contributed by atoms with Gasteiger partial charge in [0.1, 0.15) is 0 Å². The molecule has 5 heteroatoms. The lowest BCUT2D eigenvalue weighted by Gasteiger charge is -2.25. The number of nitrogens with zero attached hydrogens (tertiary/aromatic N) is 1. The van der Waals surface area contributed by atoms with Gasteiger partial charge in [-0.2, -0.15) is 0 Å². The molecular formula is C17H24BrNO3. The fourth-order valence-electron chi connectivity index (χ4n) is 2.01. The number of anilines is 1. The van der Waals surface area contributed by atoms with E-state index in [1.54, 1.807) is 18.7 Å². The first-order valence-electron chi connectivity index (χ1n) is 7.09. The van der Waals surface area contributed by atoms with Crippen molar-refractivity contribution in [3.8, 4) is 0 Å². The van der Waals surface area contributed by atoms with Gasteiger partial charge in [0, 0.05) is 23.6 Å². The zero-order chi connectivity index (χ0) is 17.1. The molecule has 0 heterocycles. The highest BCUT2D eigenvalue weighted by Gasteiger charge is 2.17. The van der Waals surface area contributed by atoms with E-state index in [-0.39, 0.29) is 12.5 Å². The lowest BCUT2D eigenvalue weighted by Crippen LogP contribution is -2.33. The van der Waals surface area contributed by atoms with Crippen LogP contribution in [0.5, 0.6) is 0 Å². The van der Waals surface area contributed by atoms with Crippen LogP contribution in [0.15, 0.2) is 28.8 Å². The molecule has 0 saturated heterocycles. The fraction of sp³-hybridized carbons (Fsp3) is 0.471. The maximum atomic E-state index is 12.0. The minimum absolute atomic E-state index is 0.0643. The van der Waals surface area contributed by atoms with Crippen LogP contribution in [0, 0.1) is 13.8 Å². The number of aliphatic hydroxyl groups is 1. The van der Waals surface area contributed by atoms with E-state index in [1.165, 1.54) is 6.92 Å². The van der Waals surface area contributed by atoms with Crippen molar-refractivity contribution >= 4 is 27.5 Å². The third-order valence-electron chi connectivity index (χ3n) is 3.12. The van der Waals surface area contributed by atoms with Crippen LogP contribution in [-0.2, 0) is 9.53 Å². The standard InChI is InChI=1S/C17H24BrNO3/c1-11(10-22-17(5,6)21)9-19(14(4)20)15-7-12(2)16(18)13(3)8-15/h7-8,21H,1,9-10H2,2-6H3. The van der Waals surface area contributed by atoms with Crippen molar-refractivity contribution in [2.24, 2.45) is 0 Å². The molecule has 1 rings (SSSR count). The Kier molecular flexibility index (Phi) is 6.35. The summed E-state index contributed by atoms with van der Waals surface area (Å²) in [5, 5.41) is 9.58. The van der Waals surface area contributed by atoms with Crippen LogP contribution < -0.4 is 4.90 Å². The highest BCUT2D eigenvalue weighted by atomic mass is 79.9. The number of benzene rings is 1. The van der Waals surface area contributed by atoms with Crippen molar-refractivity contribution in [3.63, 3.8) is 0 Å². The molecule has 0 radical (unpaired) electrons. The lowest BCUT2D eigenvalue weighted by molar-refractivity contribution is -0.169. The molecule has 0 saturated carbocycles. The SMILES string of the molecule is C=C(COC(C)(C)O)CN(C(C)=O)c1cc(C)c(Br)c(C)c1. The van der Waals surface area contributed by atoms with E-state index in [9.17, 15) is 9.90 Å². The van der Waals surface area contributed by atoms with Crippen molar-refractivity contribution in [2.45, 2.75) is 40.4 Å². The average molecular weight is 370 g/mol. The Morgan fingerprint density at radius 2 is 1.86 bits per heavy atom. The van der Waals surface area contributed by atoms with Gasteiger partial charge in [0.2, 0.25) is 5.91 Å². The predicted octanol–water partition coefficient (Wildman–Crippen LogP) is 3.72. The van der Waals surface area contributed by atoms with Crippen LogP contribution in [0.25, 0.3) is 0 Å². The molecule has 22 heavy (non-hydrogen) atoms. The molecular weight excluding hydrogens is 346 g/mol. The first kappa shape index (κ1) is 18.9. The normalized spacial score (nSPS) is 11.4. The van der Waals surface area contributed by atoms with E-state index < -0.39 is 5.79 Å². The number of amides is 1. The van der Waals surface area contributed by atoms with Gasteiger partial charge in [-0.05, 0) is 56.5 Å². The van der Waals surface area contributed by atoms with Crippen LogP contribution in [0.1, 0.15) is 31.9 Å². The molecule has 0 spiro atoms. The Hall–Kier alpha value is -1.17. The second-order valence-electron chi connectivity index (χ2n) is 5.98. The number of rotatable bonds is 6.